The Bertz CT molecular complexity index is 989. The Labute approximate surface area is 197 Å². The fourth-order valence-electron chi connectivity index (χ4n) is 3.95. The van der Waals surface area contributed by atoms with Gasteiger partial charge >= 0.3 is 0 Å². The largest absolute Gasteiger partial charge is 0.372 e. The van der Waals surface area contributed by atoms with E-state index in [1.165, 1.54) is 5.39 Å². The zero-order valence-corrected chi connectivity index (χ0v) is 20.8. The van der Waals surface area contributed by atoms with Gasteiger partial charge in [-0.1, -0.05) is 63.4 Å². The van der Waals surface area contributed by atoms with E-state index in [0.29, 0.717) is 6.54 Å². The highest BCUT2D eigenvalue weighted by Gasteiger charge is 2.33. The summed E-state index contributed by atoms with van der Waals surface area (Å²) in [5, 5.41) is 6.56. The second kappa shape index (κ2) is 10.5. The van der Waals surface area contributed by atoms with Crippen LogP contribution in [-0.2, 0) is 4.79 Å². The highest BCUT2D eigenvalue weighted by Crippen LogP contribution is 2.39. The van der Waals surface area contributed by atoms with E-state index in [2.05, 4.69) is 68.8 Å². The Hall–Kier alpha value is -2.31. The molecule has 1 amide bonds. The summed E-state index contributed by atoms with van der Waals surface area (Å²) in [7, 11) is 0. The van der Waals surface area contributed by atoms with Crippen molar-refractivity contribution >= 4 is 39.8 Å². The van der Waals surface area contributed by atoms with Gasteiger partial charge in [-0.3, -0.25) is 9.69 Å². The van der Waals surface area contributed by atoms with Crippen LogP contribution in [0.15, 0.2) is 53.7 Å². The number of rotatable bonds is 6. The van der Waals surface area contributed by atoms with Crippen LogP contribution in [0.3, 0.4) is 0 Å². The van der Waals surface area contributed by atoms with Crippen LogP contribution in [0, 0.1) is 12.3 Å². The third-order valence-corrected chi connectivity index (χ3v) is 7.58. The Kier molecular flexibility index (Phi) is 8.01. The maximum atomic E-state index is 12.0. The van der Waals surface area contributed by atoms with E-state index in [1.54, 1.807) is 16.7 Å². The van der Waals surface area contributed by atoms with Crippen molar-refractivity contribution in [3.63, 3.8) is 0 Å². The minimum Gasteiger partial charge on any atom is -0.372 e. The molecule has 0 radical (unpaired) electrons. The maximum Gasteiger partial charge on any atom is 0.215 e. The summed E-state index contributed by atoms with van der Waals surface area (Å²) in [5.74, 6) is 0. The van der Waals surface area contributed by atoms with Crippen molar-refractivity contribution in [1.82, 2.24) is 15.1 Å². The summed E-state index contributed by atoms with van der Waals surface area (Å²) < 4.78 is 0. The lowest BCUT2D eigenvalue weighted by atomic mass is 9.89. The first-order valence-corrected chi connectivity index (χ1v) is 12.2. The van der Waals surface area contributed by atoms with Crippen LogP contribution in [0.25, 0.3) is 10.8 Å². The van der Waals surface area contributed by atoms with Gasteiger partial charge in [0.25, 0.3) is 0 Å². The fourth-order valence-corrected chi connectivity index (χ4v) is 5.25. The summed E-state index contributed by atoms with van der Waals surface area (Å²) in [6, 6.07) is 12.6. The SMILES string of the molecule is C=C(C(SC(=Nc1cc2ccccc2cc1C)N(C=O)CC)C(C)(C)C)N1CCNCC1. The lowest BCUT2D eigenvalue weighted by molar-refractivity contribution is -0.114. The molecule has 0 spiro atoms. The number of aliphatic imine (C=N–C) groups is 1. The maximum absolute atomic E-state index is 12.0. The molecule has 1 unspecified atom stereocenters. The van der Waals surface area contributed by atoms with Gasteiger partial charge in [-0.15, -0.1) is 0 Å². The lowest BCUT2D eigenvalue weighted by Gasteiger charge is -2.40. The first-order valence-electron chi connectivity index (χ1n) is 11.4. The Morgan fingerprint density at radius 2 is 1.88 bits per heavy atom. The Morgan fingerprint density at radius 1 is 1.25 bits per heavy atom. The van der Waals surface area contributed by atoms with Gasteiger partial charge in [0, 0.05) is 38.4 Å². The molecule has 1 fully saturated rings. The topological polar surface area (TPSA) is 47.9 Å². The van der Waals surface area contributed by atoms with Crippen LogP contribution < -0.4 is 5.32 Å². The van der Waals surface area contributed by atoms with Gasteiger partial charge in [0.1, 0.15) is 0 Å². The number of nitrogens with zero attached hydrogens (tertiary/aromatic N) is 3. The van der Waals surface area contributed by atoms with E-state index in [0.717, 1.165) is 60.1 Å². The highest BCUT2D eigenvalue weighted by atomic mass is 32.2. The van der Waals surface area contributed by atoms with E-state index in [9.17, 15) is 4.79 Å². The number of fused-ring (bicyclic) bond motifs is 1. The van der Waals surface area contributed by atoms with Crippen LogP contribution in [0.5, 0.6) is 0 Å². The second-order valence-electron chi connectivity index (χ2n) is 9.36. The van der Waals surface area contributed by atoms with Gasteiger partial charge in [0.15, 0.2) is 5.17 Å². The molecule has 1 atom stereocenters. The van der Waals surface area contributed by atoms with Crippen molar-refractivity contribution in [2.24, 2.45) is 10.4 Å². The fraction of sp³-hybridized carbons (Fsp3) is 0.462. The molecule has 32 heavy (non-hydrogen) atoms. The number of carbonyl (C=O) groups is 1. The molecule has 3 rings (SSSR count). The van der Waals surface area contributed by atoms with Crippen molar-refractivity contribution in [2.45, 2.75) is 39.9 Å². The third kappa shape index (κ3) is 5.73. The van der Waals surface area contributed by atoms with Crippen LogP contribution in [0.1, 0.15) is 33.3 Å². The number of benzene rings is 2. The predicted octanol–water partition coefficient (Wildman–Crippen LogP) is 5.18. The summed E-state index contributed by atoms with van der Waals surface area (Å²) >= 11 is 1.65. The average molecular weight is 453 g/mol. The van der Waals surface area contributed by atoms with Crippen LogP contribution in [0.4, 0.5) is 5.69 Å². The minimum absolute atomic E-state index is 0.0475. The molecule has 6 heteroatoms. The standard InChI is InChI=1S/C26H36N4OS/c1-7-29(18-31)25(28-23-17-22-11-9-8-10-21(22)16-19(23)2)32-24(26(4,5)6)20(3)30-14-12-27-13-15-30/h8-11,16-18,24,27H,3,7,12-15H2,1-2,4-6H3. The molecule has 172 valence electrons. The summed E-state index contributed by atoms with van der Waals surface area (Å²) in [4.78, 5) is 21.1. The molecule has 0 aliphatic carbocycles. The normalized spacial score (nSPS) is 16.2. The molecule has 2 aromatic carbocycles. The summed E-state index contributed by atoms with van der Waals surface area (Å²) in [6.45, 7) is 19.6. The van der Waals surface area contributed by atoms with E-state index in [1.807, 2.05) is 19.1 Å². The molecule has 2 aromatic rings. The molecule has 1 heterocycles. The van der Waals surface area contributed by atoms with Gasteiger partial charge in [-0.25, -0.2) is 4.99 Å². The van der Waals surface area contributed by atoms with Gasteiger partial charge in [0.2, 0.25) is 6.41 Å². The number of aryl methyl sites for hydroxylation is 1. The quantitative estimate of drug-likeness (QED) is 0.373. The lowest BCUT2D eigenvalue weighted by Crippen LogP contribution is -2.46. The van der Waals surface area contributed by atoms with Crippen molar-refractivity contribution in [3.8, 4) is 0 Å². The number of nitrogens with one attached hydrogen (secondary N) is 1. The third-order valence-electron chi connectivity index (χ3n) is 5.83. The molecule has 1 aliphatic heterocycles. The first-order chi connectivity index (χ1) is 15.2. The zero-order valence-electron chi connectivity index (χ0n) is 20.0. The molecule has 5 nitrogen and oxygen atoms in total. The average Bonchev–Trinajstić information content (AvgIpc) is 2.77. The van der Waals surface area contributed by atoms with Crippen molar-refractivity contribution in [3.05, 3.63) is 54.2 Å². The van der Waals surface area contributed by atoms with Crippen molar-refractivity contribution < 1.29 is 4.79 Å². The van der Waals surface area contributed by atoms with E-state index in [-0.39, 0.29) is 10.7 Å². The molecular formula is C26H36N4OS. The Morgan fingerprint density at radius 3 is 2.44 bits per heavy atom. The molecule has 0 aromatic heterocycles. The number of amides is 1. The number of hydrogen-bond acceptors (Lipinski definition) is 5. The molecule has 1 saturated heterocycles. The number of carbonyl (C=O) groups excluding carboxylic acids is 1. The molecular weight excluding hydrogens is 416 g/mol. The molecule has 1 aliphatic rings. The van der Waals surface area contributed by atoms with E-state index < -0.39 is 0 Å². The van der Waals surface area contributed by atoms with Crippen molar-refractivity contribution in [2.75, 3.05) is 32.7 Å². The Balaban J connectivity index is 2.01. The van der Waals surface area contributed by atoms with Crippen LogP contribution >= 0.6 is 11.8 Å². The minimum atomic E-state index is -0.0475. The van der Waals surface area contributed by atoms with Gasteiger partial charge in [-0.2, -0.15) is 0 Å². The van der Waals surface area contributed by atoms with Gasteiger partial charge in [-0.05, 0) is 47.7 Å². The van der Waals surface area contributed by atoms with Gasteiger partial charge in [0.05, 0.1) is 10.9 Å². The number of thioether (sulfide) groups is 1. The number of hydrogen-bond donors (Lipinski definition) is 1. The first kappa shape index (κ1) is 24.3. The summed E-state index contributed by atoms with van der Waals surface area (Å²) in [6.07, 6.45) is 0.884. The van der Waals surface area contributed by atoms with Gasteiger partial charge < -0.3 is 10.2 Å². The highest BCUT2D eigenvalue weighted by molar-refractivity contribution is 8.14. The van der Waals surface area contributed by atoms with E-state index >= 15 is 0 Å². The molecule has 0 bridgehead atoms. The van der Waals surface area contributed by atoms with Crippen LogP contribution in [0.2, 0.25) is 0 Å². The predicted molar refractivity (Wildman–Crippen MR) is 139 cm³/mol. The summed E-state index contributed by atoms with van der Waals surface area (Å²) in [5.41, 5.74) is 3.05. The smallest absolute Gasteiger partial charge is 0.215 e. The zero-order chi connectivity index (χ0) is 23.3. The molecule has 0 saturated carbocycles. The monoisotopic (exact) mass is 452 g/mol. The molecule has 1 N–H and O–H groups in total. The second-order valence-corrected chi connectivity index (χ2v) is 10.4. The van der Waals surface area contributed by atoms with E-state index in [4.69, 9.17) is 4.99 Å². The number of amidine groups is 1. The number of piperazine rings is 1. The van der Waals surface area contributed by atoms with Crippen LogP contribution in [-0.4, -0.2) is 59.4 Å². The van der Waals surface area contributed by atoms with Crippen molar-refractivity contribution in [1.29, 1.82) is 0 Å².